The molecule has 6 heteroatoms. The second-order valence-electron chi connectivity index (χ2n) is 8.60. The number of nitrogens with zero attached hydrogens (tertiary/aromatic N) is 4. The quantitative estimate of drug-likeness (QED) is 0.731. The van der Waals surface area contributed by atoms with Crippen molar-refractivity contribution in [2.24, 2.45) is 5.92 Å². The van der Waals surface area contributed by atoms with Crippen molar-refractivity contribution in [3.63, 3.8) is 0 Å². The van der Waals surface area contributed by atoms with Crippen LogP contribution < -0.4 is 0 Å². The van der Waals surface area contributed by atoms with Gasteiger partial charge in [-0.25, -0.2) is 0 Å². The van der Waals surface area contributed by atoms with Crippen LogP contribution in [0.5, 0.6) is 0 Å². The standard InChI is InChI=1S/C23H32N4O2/c1-17-7-10-20(11-8-17)22-24-23(29-25-22)18(2)26-13-15-27(16-14-26)21(28)12-9-19-5-3-4-6-19/h7-8,10-11,18-19H,3-6,9,12-16H2,1-2H3/t18-/m0/s1. The topological polar surface area (TPSA) is 62.5 Å². The molecule has 2 aromatic rings. The van der Waals surface area contributed by atoms with Gasteiger partial charge in [-0.3, -0.25) is 9.69 Å². The third kappa shape index (κ3) is 4.86. The zero-order valence-electron chi connectivity index (χ0n) is 17.6. The first-order valence-corrected chi connectivity index (χ1v) is 11.0. The first kappa shape index (κ1) is 20.1. The van der Waals surface area contributed by atoms with E-state index in [9.17, 15) is 4.79 Å². The SMILES string of the molecule is Cc1ccc(-c2noc([C@H](C)N3CCN(C(=O)CCC4CCCC4)CC3)n2)cc1. The number of amides is 1. The van der Waals surface area contributed by atoms with Gasteiger partial charge < -0.3 is 9.42 Å². The molecule has 1 saturated carbocycles. The van der Waals surface area contributed by atoms with Crippen LogP contribution in [-0.4, -0.2) is 52.0 Å². The van der Waals surface area contributed by atoms with E-state index in [1.54, 1.807) is 0 Å². The van der Waals surface area contributed by atoms with Crippen LogP contribution in [0.4, 0.5) is 0 Å². The van der Waals surface area contributed by atoms with Gasteiger partial charge in [-0.2, -0.15) is 4.98 Å². The van der Waals surface area contributed by atoms with E-state index >= 15 is 0 Å². The maximum atomic E-state index is 12.6. The highest BCUT2D eigenvalue weighted by Crippen LogP contribution is 2.29. The number of aryl methyl sites for hydroxylation is 1. The number of hydrogen-bond donors (Lipinski definition) is 0. The molecule has 2 heterocycles. The van der Waals surface area contributed by atoms with E-state index in [2.05, 4.69) is 41.0 Å². The minimum Gasteiger partial charge on any atom is -0.340 e. The van der Waals surface area contributed by atoms with Crippen LogP contribution in [0.3, 0.4) is 0 Å². The second kappa shape index (κ2) is 9.08. The van der Waals surface area contributed by atoms with Crippen molar-refractivity contribution in [3.8, 4) is 11.4 Å². The van der Waals surface area contributed by atoms with Crippen LogP contribution >= 0.6 is 0 Å². The number of carbonyl (C=O) groups excluding carboxylic acids is 1. The van der Waals surface area contributed by atoms with Crippen molar-refractivity contribution >= 4 is 5.91 Å². The molecule has 1 atom stereocenters. The van der Waals surface area contributed by atoms with Gasteiger partial charge in [-0.1, -0.05) is 60.7 Å². The Hall–Kier alpha value is -2.21. The van der Waals surface area contributed by atoms with Gasteiger partial charge in [0.05, 0.1) is 6.04 Å². The summed E-state index contributed by atoms with van der Waals surface area (Å²) in [5.41, 5.74) is 2.18. The Kier molecular flexibility index (Phi) is 6.28. The fourth-order valence-corrected chi connectivity index (χ4v) is 4.52. The Morgan fingerprint density at radius 3 is 2.52 bits per heavy atom. The van der Waals surface area contributed by atoms with E-state index in [1.165, 1.54) is 31.2 Å². The van der Waals surface area contributed by atoms with Gasteiger partial charge in [0.25, 0.3) is 0 Å². The van der Waals surface area contributed by atoms with Gasteiger partial charge in [-0.15, -0.1) is 0 Å². The molecule has 1 aliphatic heterocycles. The Morgan fingerprint density at radius 1 is 1.14 bits per heavy atom. The lowest BCUT2D eigenvalue weighted by atomic mass is 10.0. The summed E-state index contributed by atoms with van der Waals surface area (Å²) in [5.74, 6) is 2.37. The Morgan fingerprint density at radius 2 is 1.83 bits per heavy atom. The highest BCUT2D eigenvalue weighted by molar-refractivity contribution is 5.76. The molecule has 6 nitrogen and oxygen atoms in total. The first-order valence-electron chi connectivity index (χ1n) is 11.0. The highest BCUT2D eigenvalue weighted by atomic mass is 16.5. The fourth-order valence-electron chi connectivity index (χ4n) is 4.52. The largest absolute Gasteiger partial charge is 0.340 e. The molecule has 1 aromatic heterocycles. The lowest BCUT2D eigenvalue weighted by Crippen LogP contribution is -2.49. The lowest BCUT2D eigenvalue weighted by molar-refractivity contribution is -0.133. The van der Waals surface area contributed by atoms with Crippen LogP contribution in [0.2, 0.25) is 0 Å². The molecule has 29 heavy (non-hydrogen) atoms. The lowest BCUT2D eigenvalue weighted by Gasteiger charge is -2.37. The van der Waals surface area contributed by atoms with Crippen molar-refractivity contribution in [1.29, 1.82) is 0 Å². The number of benzene rings is 1. The molecule has 0 spiro atoms. The predicted octanol–water partition coefficient (Wildman–Crippen LogP) is 4.22. The Labute approximate surface area is 173 Å². The summed E-state index contributed by atoms with van der Waals surface area (Å²) in [5, 5.41) is 4.16. The van der Waals surface area contributed by atoms with E-state index in [4.69, 9.17) is 4.52 Å². The number of aromatic nitrogens is 2. The maximum absolute atomic E-state index is 12.6. The van der Waals surface area contributed by atoms with Gasteiger partial charge in [0.1, 0.15) is 0 Å². The molecule has 0 radical (unpaired) electrons. The molecule has 0 N–H and O–H groups in total. The van der Waals surface area contributed by atoms with Crippen LogP contribution in [0, 0.1) is 12.8 Å². The predicted molar refractivity (Wildman–Crippen MR) is 112 cm³/mol. The van der Waals surface area contributed by atoms with Crippen molar-refractivity contribution in [3.05, 3.63) is 35.7 Å². The van der Waals surface area contributed by atoms with Gasteiger partial charge in [-0.05, 0) is 26.2 Å². The first-order chi connectivity index (χ1) is 14.1. The molecule has 1 aliphatic carbocycles. The summed E-state index contributed by atoms with van der Waals surface area (Å²) in [4.78, 5) is 21.5. The highest BCUT2D eigenvalue weighted by Gasteiger charge is 2.28. The molecule has 0 bridgehead atoms. The molecular formula is C23H32N4O2. The minimum absolute atomic E-state index is 0.0532. The van der Waals surface area contributed by atoms with E-state index < -0.39 is 0 Å². The van der Waals surface area contributed by atoms with E-state index in [1.807, 2.05) is 17.0 Å². The van der Waals surface area contributed by atoms with Crippen LogP contribution in [0.1, 0.15) is 62.9 Å². The summed E-state index contributed by atoms with van der Waals surface area (Å²) in [6.45, 7) is 7.42. The number of piperazine rings is 1. The molecule has 1 saturated heterocycles. The van der Waals surface area contributed by atoms with Gasteiger partial charge in [0, 0.05) is 38.2 Å². The summed E-state index contributed by atoms with van der Waals surface area (Å²) < 4.78 is 5.55. The average Bonchev–Trinajstić information content (AvgIpc) is 3.44. The molecule has 1 aromatic carbocycles. The smallest absolute Gasteiger partial charge is 0.244 e. The molecule has 2 aliphatic rings. The molecule has 0 unspecified atom stereocenters. The molecule has 2 fully saturated rings. The van der Waals surface area contributed by atoms with Gasteiger partial charge in [0.15, 0.2) is 0 Å². The second-order valence-corrected chi connectivity index (χ2v) is 8.60. The number of rotatable bonds is 6. The van der Waals surface area contributed by atoms with Gasteiger partial charge >= 0.3 is 0 Å². The monoisotopic (exact) mass is 396 g/mol. The molecule has 1 amide bonds. The van der Waals surface area contributed by atoms with Crippen molar-refractivity contribution in [1.82, 2.24) is 19.9 Å². The van der Waals surface area contributed by atoms with E-state index in [-0.39, 0.29) is 6.04 Å². The Balaban J connectivity index is 1.28. The molecule has 156 valence electrons. The summed E-state index contributed by atoms with van der Waals surface area (Å²) >= 11 is 0. The van der Waals surface area contributed by atoms with Crippen molar-refractivity contribution in [2.45, 2.75) is 58.4 Å². The zero-order valence-corrected chi connectivity index (χ0v) is 17.6. The van der Waals surface area contributed by atoms with Crippen LogP contribution in [-0.2, 0) is 4.79 Å². The molecular weight excluding hydrogens is 364 g/mol. The Bertz CT molecular complexity index is 803. The summed E-state index contributed by atoms with van der Waals surface area (Å²) in [6, 6.07) is 8.20. The van der Waals surface area contributed by atoms with E-state index in [0.29, 0.717) is 24.0 Å². The normalized spacial score (nSPS) is 19.6. The number of carbonyl (C=O) groups is 1. The van der Waals surface area contributed by atoms with Crippen molar-refractivity contribution in [2.75, 3.05) is 26.2 Å². The summed E-state index contributed by atoms with van der Waals surface area (Å²) in [7, 11) is 0. The van der Waals surface area contributed by atoms with Crippen LogP contribution in [0.15, 0.2) is 28.8 Å². The fraction of sp³-hybridized carbons (Fsp3) is 0.609. The van der Waals surface area contributed by atoms with Crippen LogP contribution in [0.25, 0.3) is 11.4 Å². The minimum atomic E-state index is 0.0532. The maximum Gasteiger partial charge on any atom is 0.244 e. The van der Waals surface area contributed by atoms with Crippen molar-refractivity contribution < 1.29 is 9.32 Å². The summed E-state index contributed by atoms with van der Waals surface area (Å²) in [6.07, 6.45) is 7.09. The van der Waals surface area contributed by atoms with Gasteiger partial charge in [0.2, 0.25) is 17.6 Å². The third-order valence-corrected chi connectivity index (χ3v) is 6.56. The average molecular weight is 397 g/mol. The molecule has 4 rings (SSSR count). The number of hydrogen-bond acceptors (Lipinski definition) is 5. The third-order valence-electron chi connectivity index (χ3n) is 6.56. The zero-order chi connectivity index (χ0) is 20.2. The van der Waals surface area contributed by atoms with E-state index in [0.717, 1.165) is 44.1 Å².